The van der Waals surface area contributed by atoms with Crippen LogP contribution in [-0.2, 0) is 4.79 Å². The number of aromatic nitrogens is 3. The molecule has 0 bridgehead atoms. The van der Waals surface area contributed by atoms with Crippen LogP contribution in [0.1, 0.15) is 37.2 Å². The third kappa shape index (κ3) is 3.80. The number of nitrogens with one attached hydrogen (secondary N) is 1. The molecule has 0 saturated carbocycles. The molecule has 10 heteroatoms. The van der Waals surface area contributed by atoms with Gasteiger partial charge in [-0.3, -0.25) is 14.5 Å². The number of pyridine rings is 1. The first kappa shape index (κ1) is 19.3. The number of halogens is 5. The fourth-order valence-corrected chi connectivity index (χ4v) is 3.05. The van der Waals surface area contributed by atoms with Gasteiger partial charge in [-0.05, 0) is 31.2 Å². The van der Waals surface area contributed by atoms with E-state index >= 15 is 0 Å². The zero-order chi connectivity index (χ0) is 19.7. The summed E-state index contributed by atoms with van der Waals surface area (Å²) in [5.41, 5.74) is -0.687. The zero-order valence-corrected chi connectivity index (χ0v) is 15.4. The van der Waals surface area contributed by atoms with Gasteiger partial charge < -0.3 is 5.32 Å². The van der Waals surface area contributed by atoms with Crippen LogP contribution in [0, 0.1) is 0 Å². The van der Waals surface area contributed by atoms with Gasteiger partial charge in [0, 0.05) is 16.1 Å². The van der Waals surface area contributed by atoms with Gasteiger partial charge in [0.1, 0.15) is 17.4 Å². The number of benzene rings is 1. The Morgan fingerprint density at radius 2 is 1.93 bits per heavy atom. The summed E-state index contributed by atoms with van der Waals surface area (Å²) in [6.45, 7) is 1.30. The van der Waals surface area contributed by atoms with Crippen LogP contribution in [0.2, 0.25) is 0 Å². The summed E-state index contributed by atoms with van der Waals surface area (Å²) in [4.78, 5) is 16.8. The highest BCUT2D eigenvalue weighted by Gasteiger charge is 2.27. The van der Waals surface area contributed by atoms with Gasteiger partial charge in [0.25, 0.3) is 12.9 Å². The molecular formula is C17H13BrF4N4O. The molecule has 1 aromatic carbocycles. The Bertz CT molecular complexity index is 992. The van der Waals surface area contributed by atoms with Gasteiger partial charge in [-0.2, -0.15) is 5.10 Å². The quantitative estimate of drug-likeness (QED) is 0.545. The van der Waals surface area contributed by atoms with Crippen LogP contribution in [0.15, 0.2) is 41.0 Å². The normalized spacial score (nSPS) is 12.7. The Morgan fingerprint density at radius 3 is 2.59 bits per heavy atom. The van der Waals surface area contributed by atoms with E-state index in [1.54, 1.807) is 30.5 Å². The Kier molecular flexibility index (Phi) is 5.45. The molecule has 0 spiro atoms. The van der Waals surface area contributed by atoms with Crippen LogP contribution >= 0.6 is 15.9 Å². The Hall–Kier alpha value is -2.49. The van der Waals surface area contributed by atoms with Gasteiger partial charge in [-0.25, -0.2) is 17.6 Å². The van der Waals surface area contributed by atoms with Crippen molar-refractivity contribution in [3.8, 4) is 0 Å². The second kappa shape index (κ2) is 7.63. The molecule has 1 atom stereocenters. The van der Waals surface area contributed by atoms with E-state index in [-0.39, 0.29) is 0 Å². The van der Waals surface area contributed by atoms with Crippen LogP contribution < -0.4 is 5.32 Å². The van der Waals surface area contributed by atoms with Crippen molar-refractivity contribution < 1.29 is 22.4 Å². The van der Waals surface area contributed by atoms with Crippen molar-refractivity contribution in [2.45, 2.75) is 25.8 Å². The third-order valence-corrected chi connectivity index (χ3v) is 4.64. The summed E-state index contributed by atoms with van der Waals surface area (Å²) >= 11 is 3.38. The van der Waals surface area contributed by atoms with Gasteiger partial charge in [-0.15, -0.1) is 0 Å². The molecule has 0 aliphatic heterocycles. The molecular weight excluding hydrogens is 432 g/mol. The van der Waals surface area contributed by atoms with Gasteiger partial charge in [0.15, 0.2) is 0 Å². The fraction of sp³-hybridized carbons (Fsp3) is 0.235. The fourth-order valence-electron chi connectivity index (χ4n) is 2.60. The lowest BCUT2D eigenvalue weighted by molar-refractivity contribution is -0.119. The van der Waals surface area contributed by atoms with E-state index in [1.807, 2.05) is 0 Å². The summed E-state index contributed by atoms with van der Waals surface area (Å²) < 4.78 is 53.3. The maximum absolute atomic E-state index is 13.2. The van der Waals surface area contributed by atoms with Gasteiger partial charge in [0.05, 0.1) is 11.2 Å². The lowest BCUT2D eigenvalue weighted by Gasteiger charge is -2.16. The van der Waals surface area contributed by atoms with Gasteiger partial charge in [0.2, 0.25) is 5.91 Å². The number of carbonyl (C=O) groups is 1. The van der Waals surface area contributed by atoms with Crippen LogP contribution in [0.25, 0.3) is 10.9 Å². The standard InChI is InChI=1S/C17H13BrF4N4O/c1-8(26-13(16(21)22)7-12(25-26)15(19)20)17(27)24-11-5-4-10(18)9-3-2-6-23-14(9)11/h2-8,15-16H,1H3,(H,24,27). The summed E-state index contributed by atoms with van der Waals surface area (Å²) in [6.07, 6.45) is -4.51. The molecule has 5 nitrogen and oxygen atoms in total. The van der Waals surface area contributed by atoms with Crippen LogP contribution in [0.4, 0.5) is 23.2 Å². The van der Waals surface area contributed by atoms with Crippen molar-refractivity contribution in [1.29, 1.82) is 0 Å². The van der Waals surface area contributed by atoms with Crippen molar-refractivity contribution in [3.05, 3.63) is 52.4 Å². The Labute approximate surface area is 159 Å². The number of anilines is 1. The minimum absolute atomic E-state index is 0.366. The molecule has 27 heavy (non-hydrogen) atoms. The smallest absolute Gasteiger partial charge is 0.282 e. The molecule has 142 valence electrons. The number of hydrogen-bond donors (Lipinski definition) is 1. The van der Waals surface area contributed by atoms with E-state index in [1.165, 1.54) is 6.92 Å². The molecule has 1 N–H and O–H groups in total. The number of nitrogens with zero attached hydrogens (tertiary/aromatic N) is 3. The van der Waals surface area contributed by atoms with Crippen LogP contribution in [-0.4, -0.2) is 20.7 Å². The van der Waals surface area contributed by atoms with Crippen molar-refractivity contribution in [2.75, 3.05) is 5.32 Å². The SMILES string of the molecule is CC(C(=O)Nc1ccc(Br)c2cccnc12)n1nc(C(F)F)cc1C(F)F. The average Bonchev–Trinajstić information content (AvgIpc) is 3.09. The first-order valence-electron chi connectivity index (χ1n) is 7.79. The Balaban J connectivity index is 1.93. The highest BCUT2D eigenvalue weighted by molar-refractivity contribution is 9.10. The number of hydrogen-bond acceptors (Lipinski definition) is 3. The van der Waals surface area contributed by atoms with Crippen molar-refractivity contribution in [3.63, 3.8) is 0 Å². The maximum atomic E-state index is 13.2. The van der Waals surface area contributed by atoms with Crippen LogP contribution in [0.5, 0.6) is 0 Å². The van der Waals surface area contributed by atoms with Crippen LogP contribution in [0.3, 0.4) is 0 Å². The first-order chi connectivity index (χ1) is 12.8. The predicted octanol–water partition coefficient (Wildman–Crippen LogP) is 5.27. The molecule has 2 heterocycles. The number of amides is 1. The number of alkyl halides is 4. The summed E-state index contributed by atoms with van der Waals surface area (Å²) in [5.74, 6) is -0.685. The molecule has 3 rings (SSSR count). The topological polar surface area (TPSA) is 59.8 Å². The van der Waals surface area contributed by atoms with Gasteiger partial charge >= 0.3 is 0 Å². The van der Waals surface area contributed by atoms with Gasteiger partial charge in [-0.1, -0.05) is 22.0 Å². The predicted molar refractivity (Wildman–Crippen MR) is 94.9 cm³/mol. The van der Waals surface area contributed by atoms with E-state index in [0.29, 0.717) is 22.0 Å². The summed E-state index contributed by atoms with van der Waals surface area (Å²) in [6, 6.07) is 6.21. The van der Waals surface area contributed by atoms with E-state index in [0.717, 1.165) is 9.86 Å². The molecule has 0 aliphatic carbocycles. The van der Waals surface area contributed by atoms with Crippen molar-refractivity contribution >= 4 is 38.4 Å². The summed E-state index contributed by atoms with van der Waals surface area (Å²) in [5, 5.41) is 6.82. The molecule has 0 aliphatic rings. The lowest BCUT2D eigenvalue weighted by Crippen LogP contribution is -2.26. The molecule has 0 fully saturated rings. The first-order valence-corrected chi connectivity index (χ1v) is 8.58. The number of carbonyl (C=O) groups excluding carboxylic acids is 1. The molecule has 1 amide bonds. The zero-order valence-electron chi connectivity index (χ0n) is 13.8. The van der Waals surface area contributed by atoms with E-state index in [9.17, 15) is 22.4 Å². The lowest BCUT2D eigenvalue weighted by atomic mass is 10.2. The number of rotatable bonds is 5. The highest BCUT2D eigenvalue weighted by Crippen LogP contribution is 2.30. The molecule has 0 radical (unpaired) electrons. The maximum Gasteiger partial charge on any atom is 0.282 e. The number of fused-ring (bicyclic) bond motifs is 1. The largest absolute Gasteiger partial charge is 0.322 e. The second-order valence-electron chi connectivity index (χ2n) is 5.70. The average molecular weight is 445 g/mol. The van der Waals surface area contributed by atoms with E-state index in [4.69, 9.17) is 0 Å². The second-order valence-corrected chi connectivity index (χ2v) is 6.55. The highest BCUT2D eigenvalue weighted by atomic mass is 79.9. The van der Waals surface area contributed by atoms with Crippen molar-refractivity contribution in [1.82, 2.24) is 14.8 Å². The van der Waals surface area contributed by atoms with Crippen molar-refractivity contribution in [2.24, 2.45) is 0 Å². The minimum atomic E-state index is -3.05. The minimum Gasteiger partial charge on any atom is -0.322 e. The monoisotopic (exact) mass is 444 g/mol. The molecule has 1 unspecified atom stereocenters. The summed E-state index contributed by atoms with van der Waals surface area (Å²) in [7, 11) is 0. The van der Waals surface area contributed by atoms with E-state index in [2.05, 4.69) is 31.3 Å². The Morgan fingerprint density at radius 1 is 1.19 bits per heavy atom. The molecule has 0 saturated heterocycles. The third-order valence-electron chi connectivity index (χ3n) is 3.95. The molecule has 2 aromatic heterocycles. The molecule has 3 aromatic rings. The van der Waals surface area contributed by atoms with E-state index < -0.39 is 36.2 Å².